The standard InChI is InChI=1S/C12H14ClN3/c13-12-10-2-1-9(7-11(10)15-16-12)8-3-5-14-6-4-8/h1-2,7-8,14H,3-6H2,(H,15,16). The van der Waals surface area contributed by atoms with Crippen molar-refractivity contribution in [2.24, 2.45) is 0 Å². The van der Waals surface area contributed by atoms with Gasteiger partial charge in [0.05, 0.1) is 5.52 Å². The molecule has 16 heavy (non-hydrogen) atoms. The molecule has 0 amide bonds. The summed E-state index contributed by atoms with van der Waals surface area (Å²) < 4.78 is 0. The molecular weight excluding hydrogens is 222 g/mol. The first-order valence-electron chi connectivity index (χ1n) is 5.69. The van der Waals surface area contributed by atoms with Crippen molar-refractivity contribution < 1.29 is 0 Å². The minimum absolute atomic E-state index is 0.631. The zero-order valence-corrected chi connectivity index (χ0v) is 9.72. The predicted molar refractivity (Wildman–Crippen MR) is 65.9 cm³/mol. The predicted octanol–water partition coefficient (Wildman–Crippen LogP) is 2.68. The third-order valence-electron chi connectivity index (χ3n) is 3.34. The Labute approximate surface area is 99.2 Å². The summed E-state index contributed by atoms with van der Waals surface area (Å²) in [5.74, 6) is 0.668. The number of rotatable bonds is 1. The molecule has 0 spiro atoms. The normalized spacial score (nSPS) is 18.1. The number of fused-ring (bicyclic) bond motifs is 1. The number of nitrogens with one attached hydrogen (secondary N) is 2. The molecule has 0 radical (unpaired) electrons. The van der Waals surface area contributed by atoms with Gasteiger partial charge in [-0.05, 0) is 49.5 Å². The number of benzene rings is 1. The van der Waals surface area contributed by atoms with Gasteiger partial charge in [0.1, 0.15) is 5.15 Å². The summed E-state index contributed by atoms with van der Waals surface area (Å²) in [5, 5.41) is 12.0. The molecule has 3 nitrogen and oxygen atoms in total. The summed E-state index contributed by atoms with van der Waals surface area (Å²) in [6, 6.07) is 6.41. The second kappa shape index (κ2) is 4.07. The van der Waals surface area contributed by atoms with Crippen LogP contribution in [-0.4, -0.2) is 23.3 Å². The van der Waals surface area contributed by atoms with Gasteiger partial charge in [-0.25, -0.2) is 0 Å². The fraction of sp³-hybridized carbons (Fsp3) is 0.417. The molecule has 1 saturated heterocycles. The molecule has 0 unspecified atom stereocenters. The topological polar surface area (TPSA) is 40.7 Å². The van der Waals surface area contributed by atoms with Crippen LogP contribution < -0.4 is 5.32 Å². The number of piperidine rings is 1. The number of aromatic amines is 1. The fourth-order valence-electron chi connectivity index (χ4n) is 2.41. The van der Waals surface area contributed by atoms with Gasteiger partial charge >= 0.3 is 0 Å². The zero-order chi connectivity index (χ0) is 11.0. The van der Waals surface area contributed by atoms with Crippen LogP contribution in [0.5, 0.6) is 0 Å². The second-order valence-electron chi connectivity index (χ2n) is 4.34. The Hall–Kier alpha value is -1.06. The van der Waals surface area contributed by atoms with Gasteiger partial charge in [0.25, 0.3) is 0 Å². The van der Waals surface area contributed by atoms with E-state index in [1.807, 2.05) is 0 Å². The van der Waals surface area contributed by atoms with Crippen molar-refractivity contribution in [1.82, 2.24) is 15.5 Å². The lowest BCUT2D eigenvalue weighted by Crippen LogP contribution is -2.26. The van der Waals surface area contributed by atoms with E-state index in [2.05, 4.69) is 33.7 Å². The van der Waals surface area contributed by atoms with Crippen molar-refractivity contribution in [1.29, 1.82) is 0 Å². The molecule has 2 N–H and O–H groups in total. The van der Waals surface area contributed by atoms with Crippen molar-refractivity contribution in [3.8, 4) is 0 Å². The number of aromatic nitrogens is 2. The van der Waals surface area contributed by atoms with Crippen LogP contribution in [0.25, 0.3) is 10.9 Å². The first-order chi connectivity index (χ1) is 7.84. The number of hydrogen-bond donors (Lipinski definition) is 2. The van der Waals surface area contributed by atoms with E-state index in [1.54, 1.807) is 0 Å². The maximum atomic E-state index is 5.98. The SMILES string of the molecule is Clc1[nH]nc2cc(C3CCNCC3)ccc12. The lowest BCUT2D eigenvalue weighted by molar-refractivity contribution is 0.460. The summed E-state index contributed by atoms with van der Waals surface area (Å²) >= 11 is 5.98. The van der Waals surface area contributed by atoms with Crippen molar-refractivity contribution >= 4 is 22.5 Å². The van der Waals surface area contributed by atoms with Crippen LogP contribution in [0, 0.1) is 0 Å². The highest BCUT2D eigenvalue weighted by molar-refractivity contribution is 6.34. The summed E-state index contributed by atoms with van der Waals surface area (Å²) in [5.41, 5.74) is 2.36. The van der Waals surface area contributed by atoms with Crippen molar-refractivity contribution in [3.63, 3.8) is 0 Å². The van der Waals surface area contributed by atoms with E-state index < -0.39 is 0 Å². The third kappa shape index (κ3) is 1.70. The lowest BCUT2D eigenvalue weighted by Gasteiger charge is -2.22. The molecule has 1 aliphatic heterocycles. The summed E-state index contributed by atoms with van der Waals surface area (Å²) in [6.07, 6.45) is 2.42. The number of nitrogens with zero attached hydrogens (tertiary/aromatic N) is 1. The molecule has 4 heteroatoms. The molecule has 0 atom stereocenters. The van der Waals surface area contributed by atoms with E-state index in [-0.39, 0.29) is 0 Å². The Balaban J connectivity index is 1.97. The van der Waals surface area contributed by atoms with Gasteiger partial charge in [-0.1, -0.05) is 17.7 Å². The van der Waals surface area contributed by atoms with Crippen LogP contribution in [0.3, 0.4) is 0 Å². The van der Waals surface area contributed by atoms with Crippen LogP contribution in [0.2, 0.25) is 5.15 Å². The molecule has 0 aliphatic carbocycles. The van der Waals surface area contributed by atoms with Gasteiger partial charge < -0.3 is 5.32 Å². The Morgan fingerprint density at radius 1 is 1.25 bits per heavy atom. The molecule has 1 aromatic carbocycles. The summed E-state index contributed by atoms with van der Waals surface area (Å²) in [7, 11) is 0. The zero-order valence-electron chi connectivity index (χ0n) is 8.96. The van der Waals surface area contributed by atoms with E-state index in [4.69, 9.17) is 11.6 Å². The molecule has 1 aliphatic rings. The van der Waals surface area contributed by atoms with E-state index in [1.165, 1.54) is 18.4 Å². The minimum Gasteiger partial charge on any atom is -0.317 e. The second-order valence-corrected chi connectivity index (χ2v) is 4.72. The van der Waals surface area contributed by atoms with Crippen molar-refractivity contribution in [2.45, 2.75) is 18.8 Å². The van der Waals surface area contributed by atoms with Gasteiger partial charge in [-0.15, -0.1) is 0 Å². The van der Waals surface area contributed by atoms with Gasteiger partial charge in [-0.2, -0.15) is 5.10 Å². The van der Waals surface area contributed by atoms with Crippen LogP contribution in [0.1, 0.15) is 24.3 Å². The monoisotopic (exact) mass is 235 g/mol. The molecule has 2 heterocycles. The highest BCUT2D eigenvalue weighted by Crippen LogP contribution is 2.29. The maximum Gasteiger partial charge on any atom is 0.132 e. The quantitative estimate of drug-likeness (QED) is 0.798. The van der Waals surface area contributed by atoms with E-state index >= 15 is 0 Å². The molecule has 0 bridgehead atoms. The Kier molecular flexibility index (Phi) is 2.58. The Morgan fingerprint density at radius 3 is 2.88 bits per heavy atom. The molecule has 0 saturated carbocycles. The van der Waals surface area contributed by atoms with Crippen LogP contribution in [0.4, 0.5) is 0 Å². The smallest absolute Gasteiger partial charge is 0.132 e. The average Bonchev–Trinajstić information content (AvgIpc) is 2.72. The summed E-state index contributed by atoms with van der Waals surface area (Å²) in [4.78, 5) is 0. The molecule has 3 rings (SSSR count). The number of hydrogen-bond acceptors (Lipinski definition) is 2. The largest absolute Gasteiger partial charge is 0.317 e. The van der Waals surface area contributed by atoms with E-state index in [0.29, 0.717) is 11.1 Å². The lowest BCUT2D eigenvalue weighted by atomic mass is 9.90. The molecule has 2 aromatic rings. The number of halogens is 1. The average molecular weight is 236 g/mol. The first-order valence-corrected chi connectivity index (χ1v) is 6.06. The third-order valence-corrected chi connectivity index (χ3v) is 3.63. The van der Waals surface area contributed by atoms with Crippen molar-refractivity contribution in [2.75, 3.05) is 13.1 Å². The summed E-state index contributed by atoms with van der Waals surface area (Å²) in [6.45, 7) is 2.23. The van der Waals surface area contributed by atoms with E-state index in [0.717, 1.165) is 24.0 Å². The van der Waals surface area contributed by atoms with Gasteiger partial charge in [-0.3, -0.25) is 5.10 Å². The van der Waals surface area contributed by atoms with E-state index in [9.17, 15) is 0 Å². The van der Waals surface area contributed by atoms with Crippen LogP contribution in [0.15, 0.2) is 18.2 Å². The Bertz CT molecular complexity index is 500. The Morgan fingerprint density at radius 2 is 2.06 bits per heavy atom. The number of H-pyrrole nitrogens is 1. The highest BCUT2D eigenvalue weighted by Gasteiger charge is 2.16. The molecule has 84 valence electrons. The molecular formula is C12H14ClN3. The molecule has 1 fully saturated rings. The fourth-order valence-corrected chi connectivity index (χ4v) is 2.61. The van der Waals surface area contributed by atoms with Crippen LogP contribution >= 0.6 is 11.6 Å². The van der Waals surface area contributed by atoms with Crippen LogP contribution in [-0.2, 0) is 0 Å². The van der Waals surface area contributed by atoms with Gasteiger partial charge in [0.15, 0.2) is 0 Å². The maximum absolute atomic E-state index is 5.98. The minimum atomic E-state index is 0.631. The van der Waals surface area contributed by atoms with Gasteiger partial charge in [0.2, 0.25) is 0 Å². The van der Waals surface area contributed by atoms with Gasteiger partial charge in [0, 0.05) is 5.39 Å². The first kappa shape index (κ1) is 10.1. The van der Waals surface area contributed by atoms with Crippen molar-refractivity contribution in [3.05, 3.63) is 28.9 Å². The molecule has 1 aromatic heterocycles. The highest BCUT2D eigenvalue weighted by atomic mass is 35.5.